The first-order valence-corrected chi connectivity index (χ1v) is 9.16. The third-order valence-electron chi connectivity index (χ3n) is 4.39. The highest BCUT2D eigenvalue weighted by Crippen LogP contribution is 2.16. The van der Waals surface area contributed by atoms with Gasteiger partial charge >= 0.3 is 0 Å². The van der Waals surface area contributed by atoms with Gasteiger partial charge in [0.2, 0.25) is 10.0 Å². The van der Waals surface area contributed by atoms with Crippen LogP contribution in [0, 0.1) is 19.8 Å². The molecule has 1 heterocycles. The second-order valence-electron chi connectivity index (χ2n) is 6.17. The van der Waals surface area contributed by atoms with Gasteiger partial charge < -0.3 is 4.90 Å². The molecule has 118 valence electrons. The quantitative estimate of drug-likeness (QED) is 0.908. The van der Waals surface area contributed by atoms with E-state index in [1.807, 2.05) is 19.9 Å². The third-order valence-corrected chi connectivity index (χ3v) is 5.84. The molecule has 1 aliphatic rings. The maximum atomic E-state index is 12.3. The Labute approximate surface area is 128 Å². The molecule has 0 aromatic heterocycles. The monoisotopic (exact) mass is 310 g/mol. The molecule has 1 aromatic rings. The topological polar surface area (TPSA) is 49.4 Å². The molecule has 0 unspecified atom stereocenters. The highest BCUT2D eigenvalue weighted by Gasteiger charge is 2.17. The van der Waals surface area contributed by atoms with Crippen LogP contribution in [0.3, 0.4) is 0 Å². The number of rotatable bonds is 5. The number of nitrogens with one attached hydrogen (secondary N) is 1. The van der Waals surface area contributed by atoms with Gasteiger partial charge in [-0.05, 0) is 69.0 Å². The van der Waals surface area contributed by atoms with Crippen molar-refractivity contribution in [3.63, 3.8) is 0 Å². The zero-order valence-electron chi connectivity index (χ0n) is 13.2. The van der Waals surface area contributed by atoms with Crippen LogP contribution in [0.4, 0.5) is 0 Å². The van der Waals surface area contributed by atoms with Gasteiger partial charge in [-0.3, -0.25) is 0 Å². The summed E-state index contributed by atoms with van der Waals surface area (Å²) in [6, 6.07) is 5.27. The van der Waals surface area contributed by atoms with Crippen LogP contribution in [0.25, 0.3) is 0 Å². The SMILES string of the molecule is Cc1ccc(S(=O)(=O)NCCN2CCC(C)CC2)cc1C. The summed E-state index contributed by atoms with van der Waals surface area (Å²) >= 11 is 0. The number of piperidine rings is 1. The molecular weight excluding hydrogens is 284 g/mol. The molecule has 0 radical (unpaired) electrons. The average molecular weight is 310 g/mol. The summed E-state index contributed by atoms with van der Waals surface area (Å²) in [7, 11) is -3.39. The Bertz CT molecular complexity index is 576. The summed E-state index contributed by atoms with van der Waals surface area (Å²) in [5.74, 6) is 0.800. The lowest BCUT2D eigenvalue weighted by atomic mass is 9.99. The van der Waals surface area contributed by atoms with E-state index in [9.17, 15) is 8.42 Å². The van der Waals surface area contributed by atoms with Crippen molar-refractivity contribution in [2.45, 2.75) is 38.5 Å². The molecule has 0 atom stereocenters. The van der Waals surface area contributed by atoms with Gasteiger partial charge in [-0.25, -0.2) is 13.1 Å². The average Bonchev–Trinajstić information content (AvgIpc) is 2.44. The van der Waals surface area contributed by atoms with Crippen molar-refractivity contribution in [2.75, 3.05) is 26.2 Å². The molecule has 1 saturated heterocycles. The fourth-order valence-corrected chi connectivity index (χ4v) is 3.69. The molecule has 0 aliphatic carbocycles. The van der Waals surface area contributed by atoms with Crippen molar-refractivity contribution in [3.05, 3.63) is 29.3 Å². The van der Waals surface area contributed by atoms with Crippen LogP contribution >= 0.6 is 0 Å². The third kappa shape index (κ3) is 4.53. The van der Waals surface area contributed by atoms with E-state index in [2.05, 4.69) is 16.5 Å². The highest BCUT2D eigenvalue weighted by molar-refractivity contribution is 7.89. The van der Waals surface area contributed by atoms with Gasteiger partial charge in [-0.15, -0.1) is 0 Å². The lowest BCUT2D eigenvalue weighted by molar-refractivity contribution is 0.195. The van der Waals surface area contributed by atoms with Gasteiger partial charge in [0.05, 0.1) is 4.90 Å². The van der Waals surface area contributed by atoms with Crippen molar-refractivity contribution in [3.8, 4) is 0 Å². The Morgan fingerprint density at radius 2 is 1.86 bits per heavy atom. The summed E-state index contributed by atoms with van der Waals surface area (Å²) in [6.07, 6.45) is 2.42. The van der Waals surface area contributed by atoms with Crippen LogP contribution in [0.2, 0.25) is 0 Å². The van der Waals surface area contributed by atoms with Crippen LogP contribution in [-0.2, 0) is 10.0 Å². The highest BCUT2D eigenvalue weighted by atomic mass is 32.2. The van der Waals surface area contributed by atoms with Crippen LogP contribution in [0.5, 0.6) is 0 Å². The van der Waals surface area contributed by atoms with Gasteiger partial charge in [0.25, 0.3) is 0 Å². The molecule has 1 aromatic carbocycles. The number of hydrogen-bond donors (Lipinski definition) is 1. The van der Waals surface area contributed by atoms with Crippen molar-refractivity contribution in [1.29, 1.82) is 0 Å². The first-order chi connectivity index (χ1) is 9.88. The van der Waals surface area contributed by atoms with Crippen molar-refractivity contribution < 1.29 is 8.42 Å². The fourth-order valence-electron chi connectivity index (χ4n) is 2.59. The van der Waals surface area contributed by atoms with Crippen LogP contribution in [-0.4, -0.2) is 39.5 Å². The van der Waals surface area contributed by atoms with Crippen molar-refractivity contribution in [1.82, 2.24) is 9.62 Å². The molecule has 1 aliphatic heterocycles. The Kier molecular flexibility index (Phi) is 5.41. The lowest BCUT2D eigenvalue weighted by Crippen LogP contribution is -2.39. The van der Waals surface area contributed by atoms with E-state index < -0.39 is 10.0 Å². The standard InChI is InChI=1S/C16H26N2O2S/c1-13-6-9-18(10-7-13)11-8-17-21(19,20)16-5-4-14(2)15(3)12-16/h4-5,12-13,17H,6-11H2,1-3H3. The van der Waals surface area contributed by atoms with E-state index in [0.29, 0.717) is 11.4 Å². The summed E-state index contributed by atoms with van der Waals surface area (Å²) in [5, 5.41) is 0. The van der Waals surface area contributed by atoms with Gasteiger partial charge in [-0.1, -0.05) is 13.0 Å². The fraction of sp³-hybridized carbons (Fsp3) is 0.625. The van der Waals surface area contributed by atoms with Crippen molar-refractivity contribution in [2.24, 2.45) is 5.92 Å². The predicted octanol–water partition coefficient (Wildman–Crippen LogP) is 2.31. The minimum Gasteiger partial charge on any atom is -0.302 e. The second-order valence-corrected chi connectivity index (χ2v) is 7.93. The number of nitrogens with zero attached hydrogens (tertiary/aromatic N) is 1. The maximum Gasteiger partial charge on any atom is 0.240 e. The maximum absolute atomic E-state index is 12.3. The predicted molar refractivity (Wildman–Crippen MR) is 85.9 cm³/mol. The van der Waals surface area contributed by atoms with Gasteiger partial charge in [0, 0.05) is 13.1 Å². The molecule has 0 amide bonds. The normalized spacial score (nSPS) is 18.0. The van der Waals surface area contributed by atoms with E-state index in [0.717, 1.165) is 36.7 Å². The van der Waals surface area contributed by atoms with E-state index in [-0.39, 0.29) is 0 Å². The summed E-state index contributed by atoms with van der Waals surface area (Å²) < 4.78 is 27.2. The molecule has 0 saturated carbocycles. The smallest absolute Gasteiger partial charge is 0.240 e. The number of likely N-dealkylation sites (tertiary alicyclic amines) is 1. The number of hydrogen-bond acceptors (Lipinski definition) is 3. The largest absolute Gasteiger partial charge is 0.302 e. The molecular formula is C16H26N2O2S. The zero-order chi connectivity index (χ0) is 15.5. The van der Waals surface area contributed by atoms with Gasteiger partial charge in [0.15, 0.2) is 0 Å². The zero-order valence-corrected chi connectivity index (χ0v) is 14.0. The number of aryl methyl sites for hydroxylation is 2. The van der Waals surface area contributed by atoms with E-state index >= 15 is 0 Å². The first-order valence-electron chi connectivity index (χ1n) is 7.68. The first kappa shape index (κ1) is 16.5. The second kappa shape index (κ2) is 6.90. The molecule has 1 fully saturated rings. The Balaban J connectivity index is 1.88. The number of sulfonamides is 1. The molecule has 21 heavy (non-hydrogen) atoms. The summed E-state index contributed by atoms with van der Waals surface area (Å²) in [6.45, 7) is 9.61. The lowest BCUT2D eigenvalue weighted by Gasteiger charge is -2.30. The molecule has 1 N–H and O–H groups in total. The van der Waals surface area contributed by atoms with E-state index in [1.165, 1.54) is 12.8 Å². The molecule has 2 rings (SSSR count). The Hall–Kier alpha value is -0.910. The van der Waals surface area contributed by atoms with E-state index in [4.69, 9.17) is 0 Å². The van der Waals surface area contributed by atoms with E-state index in [1.54, 1.807) is 12.1 Å². The van der Waals surface area contributed by atoms with Crippen LogP contribution in [0.15, 0.2) is 23.1 Å². The minimum atomic E-state index is -3.39. The molecule has 5 heteroatoms. The van der Waals surface area contributed by atoms with Gasteiger partial charge in [0.1, 0.15) is 0 Å². The molecule has 0 bridgehead atoms. The Morgan fingerprint density at radius 1 is 1.19 bits per heavy atom. The summed E-state index contributed by atoms with van der Waals surface area (Å²) in [5.41, 5.74) is 2.11. The van der Waals surface area contributed by atoms with Crippen LogP contribution < -0.4 is 4.72 Å². The Morgan fingerprint density at radius 3 is 2.48 bits per heavy atom. The summed E-state index contributed by atoms with van der Waals surface area (Å²) in [4.78, 5) is 2.70. The van der Waals surface area contributed by atoms with Crippen LogP contribution in [0.1, 0.15) is 30.9 Å². The van der Waals surface area contributed by atoms with Gasteiger partial charge in [-0.2, -0.15) is 0 Å². The molecule has 0 spiro atoms. The number of benzene rings is 1. The minimum absolute atomic E-state index is 0.359. The van der Waals surface area contributed by atoms with Crippen molar-refractivity contribution >= 4 is 10.0 Å². The molecule has 4 nitrogen and oxygen atoms in total.